The lowest BCUT2D eigenvalue weighted by Gasteiger charge is -2.07. The Kier molecular flexibility index (Phi) is 4.69. The Morgan fingerprint density at radius 1 is 1.00 bits per heavy atom. The van der Waals surface area contributed by atoms with Crippen LogP contribution in [0.3, 0.4) is 0 Å². The molecule has 5 rings (SSSR count). The molecule has 1 amide bonds. The van der Waals surface area contributed by atoms with Crippen LogP contribution in [0.15, 0.2) is 83.9 Å². The first-order chi connectivity index (χ1) is 14.6. The number of fused-ring (bicyclic) bond motifs is 2. The number of pyridine rings is 1. The van der Waals surface area contributed by atoms with Crippen molar-refractivity contribution in [1.29, 1.82) is 0 Å². The summed E-state index contributed by atoms with van der Waals surface area (Å²) >= 11 is 7.79. The Labute approximate surface area is 181 Å². The number of carbonyl (C=O) groups excluding carboxylic acids is 1. The van der Waals surface area contributed by atoms with Crippen LogP contribution in [0.2, 0.25) is 5.02 Å². The summed E-state index contributed by atoms with van der Waals surface area (Å²) in [5.41, 5.74) is 3.87. The Hall–Kier alpha value is -3.28. The highest BCUT2D eigenvalue weighted by Gasteiger charge is 2.15. The number of carbonyl (C=O) groups is 1. The van der Waals surface area contributed by atoms with E-state index in [1.807, 2.05) is 90.5 Å². The quantitative estimate of drug-likeness (QED) is 0.353. The number of hydrogen-bond donors (Lipinski definition) is 0. The van der Waals surface area contributed by atoms with Gasteiger partial charge in [0, 0.05) is 18.0 Å². The first-order valence-electron chi connectivity index (χ1n) is 9.40. The second-order valence-corrected chi connectivity index (χ2v) is 8.30. The molecule has 0 N–H and O–H groups in total. The SMILES string of the molecule is Cn1c(=NC(=O)c2cc(-c3ccccc3)nc3ccccc23)sc2cccc(Cl)c21. The molecule has 30 heavy (non-hydrogen) atoms. The van der Waals surface area contributed by atoms with Crippen molar-refractivity contribution in [1.82, 2.24) is 9.55 Å². The third-order valence-corrected chi connectivity index (χ3v) is 6.39. The Bertz CT molecular complexity index is 1490. The van der Waals surface area contributed by atoms with Crippen molar-refractivity contribution >= 4 is 50.0 Å². The van der Waals surface area contributed by atoms with Crippen molar-refractivity contribution < 1.29 is 4.79 Å². The maximum Gasteiger partial charge on any atom is 0.280 e. The van der Waals surface area contributed by atoms with Gasteiger partial charge in [-0.3, -0.25) is 4.79 Å². The standard InChI is InChI=1S/C24H16ClN3OS/c1-28-22-18(25)11-7-13-21(22)30-24(28)27-23(29)17-14-20(15-8-3-2-4-9-15)26-19-12-6-5-10-16(17)19/h2-14H,1H3. The number of para-hydroxylation sites is 2. The van der Waals surface area contributed by atoms with E-state index in [0.717, 1.165) is 32.4 Å². The number of nitrogens with zero attached hydrogens (tertiary/aromatic N) is 3. The number of halogens is 1. The average molecular weight is 430 g/mol. The van der Waals surface area contributed by atoms with E-state index in [9.17, 15) is 4.79 Å². The van der Waals surface area contributed by atoms with Crippen molar-refractivity contribution in [2.24, 2.45) is 12.0 Å². The summed E-state index contributed by atoms with van der Waals surface area (Å²) in [6, 6.07) is 25.0. The summed E-state index contributed by atoms with van der Waals surface area (Å²) in [6.45, 7) is 0. The second-order valence-electron chi connectivity index (χ2n) is 6.89. The van der Waals surface area contributed by atoms with Crippen LogP contribution in [0.25, 0.3) is 32.4 Å². The van der Waals surface area contributed by atoms with Crippen LogP contribution in [0.4, 0.5) is 0 Å². The number of thiazole rings is 1. The second kappa shape index (κ2) is 7.52. The average Bonchev–Trinajstić information content (AvgIpc) is 3.10. The van der Waals surface area contributed by atoms with Gasteiger partial charge >= 0.3 is 0 Å². The molecule has 0 radical (unpaired) electrons. The molecule has 2 aromatic heterocycles. The predicted molar refractivity (Wildman–Crippen MR) is 123 cm³/mol. The first-order valence-corrected chi connectivity index (χ1v) is 10.6. The number of benzene rings is 3. The smallest absolute Gasteiger partial charge is 0.280 e. The van der Waals surface area contributed by atoms with E-state index in [2.05, 4.69) is 4.99 Å². The van der Waals surface area contributed by atoms with Crippen LogP contribution >= 0.6 is 22.9 Å². The number of aromatic nitrogens is 2. The zero-order valence-electron chi connectivity index (χ0n) is 16.0. The van der Waals surface area contributed by atoms with Gasteiger partial charge in [-0.1, -0.05) is 77.5 Å². The third kappa shape index (κ3) is 3.22. The van der Waals surface area contributed by atoms with Gasteiger partial charge in [-0.05, 0) is 24.3 Å². The minimum atomic E-state index is -0.302. The lowest BCUT2D eigenvalue weighted by Crippen LogP contribution is -2.13. The zero-order chi connectivity index (χ0) is 20.7. The molecule has 0 fully saturated rings. The van der Waals surface area contributed by atoms with E-state index in [1.54, 1.807) is 0 Å². The minimum Gasteiger partial charge on any atom is -0.318 e. The van der Waals surface area contributed by atoms with Crippen molar-refractivity contribution in [3.05, 3.63) is 94.3 Å². The van der Waals surface area contributed by atoms with Crippen molar-refractivity contribution in [2.75, 3.05) is 0 Å². The largest absolute Gasteiger partial charge is 0.318 e. The molecular formula is C24H16ClN3OS. The molecule has 0 aliphatic carbocycles. The van der Waals surface area contributed by atoms with Crippen LogP contribution in [0.1, 0.15) is 10.4 Å². The fourth-order valence-electron chi connectivity index (χ4n) is 3.52. The predicted octanol–water partition coefficient (Wildman–Crippen LogP) is 5.85. The summed E-state index contributed by atoms with van der Waals surface area (Å²) in [5.74, 6) is -0.302. The summed E-state index contributed by atoms with van der Waals surface area (Å²) in [6.07, 6.45) is 0. The molecule has 0 aliphatic heterocycles. The molecule has 0 unspecified atom stereocenters. The van der Waals surface area contributed by atoms with Gasteiger partial charge in [0.2, 0.25) is 0 Å². The zero-order valence-corrected chi connectivity index (χ0v) is 17.6. The lowest BCUT2D eigenvalue weighted by atomic mass is 10.0. The molecule has 0 spiro atoms. The third-order valence-electron chi connectivity index (χ3n) is 4.99. The van der Waals surface area contributed by atoms with Crippen LogP contribution in [0, 0.1) is 0 Å². The molecule has 0 saturated carbocycles. The van der Waals surface area contributed by atoms with E-state index < -0.39 is 0 Å². The van der Waals surface area contributed by atoms with Gasteiger partial charge < -0.3 is 4.57 Å². The van der Waals surface area contributed by atoms with Crippen molar-refractivity contribution in [3.63, 3.8) is 0 Å². The molecule has 0 bridgehead atoms. The van der Waals surface area contributed by atoms with E-state index >= 15 is 0 Å². The molecule has 146 valence electrons. The first kappa shape index (κ1) is 18.7. The Balaban J connectivity index is 1.71. The number of aryl methyl sites for hydroxylation is 1. The minimum absolute atomic E-state index is 0.302. The fraction of sp³-hybridized carbons (Fsp3) is 0.0417. The molecule has 2 heterocycles. The van der Waals surface area contributed by atoms with E-state index in [0.29, 0.717) is 15.4 Å². The Morgan fingerprint density at radius 3 is 2.57 bits per heavy atom. The van der Waals surface area contributed by atoms with Gasteiger partial charge in [0.1, 0.15) is 0 Å². The monoisotopic (exact) mass is 429 g/mol. The van der Waals surface area contributed by atoms with Crippen LogP contribution < -0.4 is 4.80 Å². The molecular weight excluding hydrogens is 414 g/mol. The summed E-state index contributed by atoms with van der Waals surface area (Å²) in [7, 11) is 1.87. The van der Waals surface area contributed by atoms with Gasteiger partial charge in [0.05, 0.1) is 32.0 Å². The van der Waals surface area contributed by atoms with Crippen LogP contribution in [-0.4, -0.2) is 15.5 Å². The molecule has 0 saturated heterocycles. The summed E-state index contributed by atoms with van der Waals surface area (Å²) in [4.78, 5) is 23.1. The van der Waals surface area contributed by atoms with Gasteiger partial charge in [-0.2, -0.15) is 4.99 Å². The molecule has 3 aromatic carbocycles. The summed E-state index contributed by atoms with van der Waals surface area (Å²) in [5, 5.41) is 1.42. The van der Waals surface area contributed by atoms with Gasteiger partial charge in [-0.25, -0.2) is 4.98 Å². The Morgan fingerprint density at radius 2 is 1.77 bits per heavy atom. The van der Waals surface area contributed by atoms with Crippen LogP contribution in [0.5, 0.6) is 0 Å². The molecule has 6 heteroatoms. The molecule has 4 nitrogen and oxygen atoms in total. The molecule has 0 aliphatic rings. The lowest BCUT2D eigenvalue weighted by molar-refractivity contribution is 0.0999. The van der Waals surface area contributed by atoms with Crippen molar-refractivity contribution in [3.8, 4) is 11.3 Å². The van der Waals surface area contributed by atoms with Gasteiger partial charge in [0.15, 0.2) is 4.80 Å². The fourth-order valence-corrected chi connectivity index (χ4v) is 4.92. The maximum atomic E-state index is 13.3. The normalized spacial score (nSPS) is 12.0. The maximum absolute atomic E-state index is 13.3. The number of rotatable bonds is 2. The van der Waals surface area contributed by atoms with Crippen molar-refractivity contribution in [2.45, 2.75) is 0 Å². The van der Waals surface area contributed by atoms with E-state index in [-0.39, 0.29) is 5.91 Å². The summed E-state index contributed by atoms with van der Waals surface area (Å²) < 4.78 is 2.85. The van der Waals surface area contributed by atoms with Gasteiger partial charge in [0.25, 0.3) is 5.91 Å². The molecule has 0 atom stereocenters. The highest BCUT2D eigenvalue weighted by atomic mass is 35.5. The topological polar surface area (TPSA) is 47.2 Å². The van der Waals surface area contributed by atoms with Crippen LogP contribution in [-0.2, 0) is 7.05 Å². The number of hydrogen-bond acceptors (Lipinski definition) is 3. The number of amides is 1. The molecule has 5 aromatic rings. The van der Waals surface area contributed by atoms with E-state index in [4.69, 9.17) is 16.6 Å². The highest BCUT2D eigenvalue weighted by molar-refractivity contribution is 7.16. The van der Waals surface area contributed by atoms with E-state index in [1.165, 1.54) is 11.3 Å². The highest BCUT2D eigenvalue weighted by Crippen LogP contribution is 2.26. The van der Waals surface area contributed by atoms with Gasteiger partial charge in [-0.15, -0.1) is 0 Å².